The molecule has 3 N–H and O–H groups in total. The second-order valence-electron chi connectivity index (χ2n) is 4.93. The van der Waals surface area contributed by atoms with Gasteiger partial charge in [-0.3, -0.25) is 9.69 Å². The Morgan fingerprint density at radius 2 is 1.86 bits per heavy atom. The lowest BCUT2D eigenvalue weighted by molar-refractivity contribution is -0.117. The normalized spacial score (nSPS) is 10.6. The van der Waals surface area contributed by atoms with Crippen LogP contribution in [-0.2, 0) is 11.3 Å². The van der Waals surface area contributed by atoms with E-state index < -0.39 is 0 Å². The Balaban J connectivity index is 1.87. The number of nitrogens with one attached hydrogen (secondary N) is 1. The highest BCUT2D eigenvalue weighted by molar-refractivity contribution is 5.92. The molecule has 0 aliphatic heterocycles. The van der Waals surface area contributed by atoms with Gasteiger partial charge in [0.05, 0.1) is 6.54 Å². The van der Waals surface area contributed by atoms with Crippen molar-refractivity contribution in [2.24, 2.45) is 0 Å². The summed E-state index contributed by atoms with van der Waals surface area (Å²) in [7, 11) is 1.84. The average molecular weight is 287 g/mol. The van der Waals surface area contributed by atoms with Gasteiger partial charge in [0.15, 0.2) is 0 Å². The summed E-state index contributed by atoms with van der Waals surface area (Å²) in [6, 6.07) is 13.2. The Hall–Kier alpha value is -2.40. The standard InChI is InChI=1S/C16H18FN3O/c1-20(10-12-4-2-3-5-15(12)18)11-16(21)19-14-8-6-13(17)7-9-14/h2-9H,10-11,18H2,1H3,(H,19,21). The number of rotatable bonds is 5. The molecule has 2 aromatic rings. The number of nitrogens with zero attached hydrogens (tertiary/aromatic N) is 1. The summed E-state index contributed by atoms with van der Waals surface area (Å²) in [5.41, 5.74) is 8.14. The van der Waals surface area contributed by atoms with E-state index in [-0.39, 0.29) is 18.3 Å². The van der Waals surface area contributed by atoms with Crippen molar-refractivity contribution < 1.29 is 9.18 Å². The van der Waals surface area contributed by atoms with Crippen LogP contribution in [0.3, 0.4) is 0 Å². The van der Waals surface area contributed by atoms with Crippen LogP contribution in [0.25, 0.3) is 0 Å². The number of anilines is 2. The largest absolute Gasteiger partial charge is 0.398 e. The molecule has 110 valence electrons. The van der Waals surface area contributed by atoms with Crippen molar-refractivity contribution in [3.05, 3.63) is 59.9 Å². The van der Waals surface area contributed by atoms with Crippen molar-refractivity contribution in [1.29, 1.82) is 0 Å². The molecule has 0 radical (unpaired) electrons. The van der Waals surface area contributed by atoms with Crippen molar-refractivity contribution in [3.63, 3.8) is 0 Å². The summed E-state index contributed by atoms with van der Waals surface area (Å²) >= 11 is 0. The van der Waals surface area contributed by atoms with Gasteiger partial charge in [0.25, 0.3) is 0 Å². The number of benzene rings is 2. The molecule has 0 spiro atoms. The zero-order valence-electron chi connectivity index (χ0n) is 11.8. The molecule has 21 heavy (non-hydrogen) atoms. The first-order chi connectivity index (χ1) is 10.0. The molecule has 0 saturated heterocycles. The number of amides is 1. The Bertz CT molecular complexity index is 613. The highest BCUT2D eigenvalue weighted by Gasteiger charge is 2.09. The zero-order valence-corrected chi connectivity index (χ0v) is 11.8. The zero-order chi connectivity index (χ0) is 15.2. The van der Waals surface area contributed by atoms with Gasteiger partial charge in [-0.25, -0.2) is 4.39 Å². The first-order valence-corrected chi connectivity index (χ1v) is 6.62. The molecular weight excluding hydrogens is 269 g/mol. The van der Waals surface area contributed by atoms with Gasteiger partial charge in [0.1, 0.15) is 5.82 Å². The summed E-state index contributed by atoms with van der Waals surface area (Å²) in [5, 5.41) is 2.72. The van der Waals surface area contributed by atoms with Crippen molar-refractivity contribution >= 4 is 17.3 Å². The topological polar surface area (TPSA) is 58.4 Å². The van der Waals surface area contributed by atoms with E-state index in [9.17, 15) is 9.18 Å². The van der Waals surface area contributed by atoms with Crippen molar-refractivity contribution in [3.8, 4) is 0 Å². The number of hydrogen-bond donors (Lipinski definition) is 2. The van der Waals surface area contributed by atoms with Gasteiger partial charge in [-0.15, -0.1) is 0 Å². The molecular formula is C16H18FN3O. The fraction of sp³-hybridized carbons (Fsp3) is 0.188. The number of halogens is 1. The van der Waals surface area contributed by atoms with Crippen LogP contribution in [0.1, 0.15) is 5.56 Å². The number of carbonyl (C=O) groups excluding carboxylic acids is 1. The van der Waals surface area contributed by atoms with Crippen LogP contribution in [-0.4, -0.2) is 24.4 Å². The molecule has 0 aliphatic carbocycles. The lowest BCUT2D eigenvalue weighted by atomic mass is 10.2. The predicted molar refractivity (Wildman–Crippen MR) is 82.2 cm³/mol. The number of carbonyl (C=O) groups is 1. The van der Waals surface area contributed by atoms with E-state index in [4.69, 9.17) is 5.73 Å². The van der Waals surface area contributed by atoms with Crippen molar-refractivity contribution in [1.82, 2.24) is 4.90 Å². The number of nitrogen functional groups attached to an aromatic ring is 1. The maximum Gasteiger partial charge on any atom is 0.238 e. The van der Waals surface area contributed by atoms with Crippen LogP contribution in [0.15, 0.2) is 48.5 Å². The molecule has 4 nitrogen and oxygen atoms in total. The van der Waals surface area contributed by atoms with E-state index in [1.807, 2.05) is 36.2 Å². The van der Waals surface area contributed by atoms with E-state index in [0.717, 1.165) is 5.56 Å². The second kappa shape index (κ2) is 6.85. The molecule has 0 aliphatic rings. The number of para-hydroxylation sites is 1. The third kappa shape index (κ3) is 4.57. The van der Waals surface area contributed by atoms with Gasteiger partial charge in [0.2, 0.25) is 5.91 Å². The van der Waals surface area contributed by atoms with Gasteiger partial charge in [0, 0.05) is 17.9 Å². The van der Waals surface area contributed by atoms with E-state index in [2.05, 4.69) is 5.32 Å². The van der Waals surface area contributed by atoms with E-state index >= 15 is 0 Å². The first-order valence-electron chi connectivity index (χ1n) is 6.62. The monoisotopic (exact) mass is 287 g/mol. The average Bonchev–Trinajstić information content (AvgIpc) is 2.44. The smallest absolute Gasteiger partial charge is 0.238 e. The van der Waals surface area contributed by atoms with Crippen LogP contribution in [0.4, 0.5) is 15.8 Å². The Morgan fingerprint density at radius 1 is 1.19 bits per heavy atom. The van der Waals surface area contributed by atoms with Crippen LogP contribution in [0, 0.1) is 5.82 Å². The highest BCUT2D eigenvalue weighted by atomic mass is 19.1. The maximum absolute atomic E-state index is 12.8. The fourth-order valence-corrected chi connectivity index (χ4v) is 2.00. The molecule has 0 heterocycles. The summed E-state index contributed by atoms with van der Waals surface area (Å²) < 4.78 is 12.8. The lowest BCUT2D eigenvalue weighted by Crippen LogP contribution is -2.30. The van der Waals surface area contributed by atoms with Crippen molar-refractivity contribution in [2.75, 3.05) is 24.6 Å². The SMILES string of the molecule is CN(CC(=O)Nc1ccc(F)cc1)Cc1ccccc1N. The molecule has 2 rings (SSSR count). The lowest BCUT2D eigenvalue weighted by Gasteiger charge is -2.17. The van der Waals surface area contributed by atoms with Crippen LogP contribution >= 0.6 is 0 Å². The minimum absolute atomic E-state index is 0.154. The van der Waals surface area contributed by atoms with Crippen molar-refractivity contribution in [2.45, 2.75) is 6.54 Å². The first kappa shape index (κ1) is 15.0. The highest BCUT2D eigenvalue weighted by Crippen LogP contribution is 2.13. The molecule has 0 fully saturated rings. The number of likely N-dealkylation sites (N-methyl/N-ethyl adjacent to an activating group) is 1. The molecule has 0 bridgehead atoms. The van der Waals surface area contributed by atoms with Crippen LogP contribution < -0.4 is 11.1 Å². The Kier molecular flexibility index (Phi) is 4.90. The Labute approximate surface area is 123 Å². The maximum atomic E-state index is 12.8. The van der Waals surface area contributed by atoms with Gasteiger partial charge in [-0.2, -0.15) is 0 Å². The predicted octanol–water partition coefficient (Wildman–Crippen LogP) is 2.48. The minimum atomic E-state index is -0.329. The van der Waals surface area contributed by atoms with E-state index in [1.54, 1.807) is 0 Å². The summed E-state index contributed by atoms with van der Waals surface area (Å²) in [6.45, 7) is 0.815. The quantitative estimate of drug-likeness (QED) is 0.831. The third-order valence-electron chi connectivity index (χ3n) is 3.04. The van der Waals surface area contributed by atoms with Crippen LogP contribution in [0.2, 0.25) is 0 Å². The van der Waals surface area contributed by atoms with Crippen LogP contribution in [0.5, 0.6) is 0 Å². The molecule has 0 aromatic heterocycles. The number of hydrogen-bond acceptors (Lipinski definition) is 3. The van der Waals surface area contributed by atoms with E-state index in [0.29, 0.717) is 17.9 Å². The summed E-state index contributed by atoms with van der Waals surface area (Å²) in [5.74, 6) is -0.483. The van der Waals surface area contributed by atoms with Gasteiger partial charge in [-0.05, 0) is 42.9 Å². The second-order valence-corrected chi connectivity index (χ2v) is 4.93. The van der Waals surface area contributed by atoms with Gasteiger partial charge >= 0.3 is 0 Å². The summed E-state index contributed by atoms with van der Waals surface area (Å²) in [6.07, 6.45) is 0. The van der Waals surface area contributed by atoms with Gasteiger partial charge < -0.3 is 11.1 Å². The fourth-order valence-electron chi connectivity index (χ4n) is 2.00. The summed E-state index contributed by atoms with van der Waals surface area (Å²) in [4.78, 5) is 13.8. The Morgan fingerprint density at radius 3 is 2.52 bits per heavy atom. The van der Waals surface area contributed by atoms with Gasteiger partial charge in [-0.1, -0.05) is 18.2 Å². The third-order valence-corrected chi connectivity index (χ3v) is 3.04. The molecule has 0 atom stereocenters. The molecule has 2 aromatic carbocycles. The van der Waals surface area contributed by atoms with E-state index in [1.165, 1.54) is 24.3 Å². The molecule has 0 saturated carbocycles. The molecule has 1 amide bonds. The number of nitrogens with two attached hydrogens (primary N) is 1. The minimum Gasteiger partial charge on any atom is -0.398 e. The molecule has 5 heteroatoms. The molecule has 0 unspecified atom stereocenters.